The third kappa shape index (κ3) is 5.85. The molecule has 5 heteroatoms. The van der Waals surface area contributed by atoms with E-state index < -0.39 is 0 Å². The van der Waals surface area contributed by atoms with Gasteiger partial charge in [-0.3, -0.25) is 5.43 Å². The van der Waals surface area contributed by atoms with E-state index in [2.05, 4.69) is 53.6 Å². The van der Waals surface area contributed by atoms with Crippen molar-refractivity contribution >= 4 is 23.5 Å². The maximum Gasteiger partial charge on any atom is 0.187 e. The highest BCUT2D eigenvalue weighted by Gasteiger charge is 2.01. The molecule has 0 bridgehead atoms. The molecule has 0 atom stereocenters. The molecule has 0 unspecified atom stereocenters. The number of para-hydroxylation sites is 1. The molecule has 0 amide bonds. The molecular formula is C19H21N3OS. The minimum absolute atomic E-state index is 0.448. The monoisotopic (exact) mass is 339 g/mol. The minimum atomic E-state index is 0.448. The number of hydrogen-bond acceptors (Lipinski definition) is 3. The topological polar surface area (TPSA) is 45.7 Å². The zero-order valence-corrected chi connectivity index (χ0v) is 14.5. The lowest BCUT2D eigenvalue weighted by atomic mass is 10.1. The zero-order chi connectivity index (χ0) is 17.2. The first-order valence-corrected chi connectivity index (χ1v) is 8.05. The number of rotatable bonds is 7. The highest BCUT2D eigenvalue weighted by molar-refractivity contribution is 7.80. The van der Waals surface area contributed by atoms with Crippen molar-refractivity contribution in [3.8, 4) is 5.75 Å². The van der Waals surface area contributed by atoms with E-state index in [0.29, 0.717) is 18.3 Å². The molecule has 2 aromatic rings. The Labute approximate surface area is 148 Å². The van der Waals surface area contributed by atoms with Crippen molar-refractivity contribution in [2.24, 2.45) is 5.10 Å². The summed E-state index contributed by atoms with van der Waals surface area (Å²) in [4.78, 5) is 0. The number of benzene rings is 2. The number of thiocarbonyl (C=S) groups is 1. The maximum atomic E-state index is 5.90. The molecule has 0 spiro atoms. The Balaban J connectivity index is 1.95. The van der Waals surface area contributed by atoms with Gasteiger partial charge in [0, 0.05) is 12.1 Å². The van der Waals surface area contributed by atoms with Gasteiger partial charge in [-0.1, -0.05) is 48.0 Å². The predicted octanol–water partition coefficient (Wildman–Crippen LogP) is 3.56. The van der Waals surface area contributed by atoms with Gasteiger partial charge in [-0.15, -0.1) is 6.58 Å². The summed E-state index contributed by atoms with van der Waals surface area (Å²) in [5.41, 5.74) is 6.00. The van der Waals surface area contributed by atoms with Crippen LogP contribution >= 0.6 is 12.2 Å². The quantitative estimate of drug-likeness (QED) is 0.350. The van der Waals surface area contributed by atoms with Gasteiger partial charge in [0.2, 0.25) is 0 Å². The van der Waals surface area contributed by atoms with Gasteiger partial charge in [0.1, 0.15) is 12.4 Å². The fourth-order valence-electron chi connectivity index (χ4n) is 1.93. The molecule has 0 fully saturated rings. The van der Waals surface area contributed by atoms with E-state index in [1.54, 1.807) is 12.3 Å². The third-order valence-corrected chi connectivity index (χ3v) is 3.45. The normalized spacial score (nSPS) is 10.4. The Morgan fingerprint density at radius 3 is 2.71 bits per heavy atom. The largest absolute Gasteiger partial charge is 0.488 e. The zero-order valence-electron chi connectivity index (χ0n) is 13.7. The lowest BCUT2D eigenvalue weighted by Gasteiger charge is -2.09. The maximum absolute atomic E-state index is 5.90. The molecule has 2 N–H and O–H groups in total. The first-order valence-electron chi connectivity index (χ1n) is 7.64. The number of nitrogens with one attached hydrogen (secondary N) is 2. The second-order valence-electron chi connectivity index (χ2n) is 5.18. The standard InChI is InChI=1S/C19H21N3OS/c1-3-12-20-19(24)22-21-13-17-6-4-5-7-18(17)23-14-16-10-8-15(2)9-11-16/h3-11,13H,1,12,14H2,2H3,(H2,20,22,24)/b21-13-. The summed E-state index contributed by atoms with van der Waals surface area (Å²) in [5.74, 6) is 0.772. The Bertz CT molecular complexity index is 711. The molecule has 4 nitrogen and oxygen atoms in total. The van der Waals surface area contributed by atoms with Crippen LogP contribution in [0.2, 0.25) is 0 Å². The number of aryl methyl sites for hydroxylation is 1. The lowest BCUT2D eigenvalue weighted by molar-refractivity contribution is 0.306. The molecule has 2 aromatic carbocycles. The molecule has 0 saturated heterocycles. The first-order chi connectivity index (χ1) is 11.7. The van der Waals surface area contributed by atoms with E-state index in [4.69, 9.17) is 17.0 Å². The van der Waals surface area contributed by atoms with Gasteiger partial charge in [0.15, 0.2) is 5.11 Å². The summed E-state index contributed by atoms with van der Waals surface area (Å²) < 4.78 is 5.90. The van der Waals surface area contributed by atoms with Crippen LogP contribution in [0, 0.1) is 6.92 Å². The molecule has 0 saturated carbocycles. The molecule has 0 aliphatic heterocycles. The fraction of sp³-hybridized carbons (Fsp3) is 0.158. The van der Waals surface area contributed by atoms with Crippen molar-refractivity contribution in [3.05, 3.63) is 77.9 Å². The van der Waals surface area contributed by atoms with Gasteiger partial charge < -0.3 is 10.1 Å². The summed E-state index contributed by atoms with van der Waals surface area (Å²) in [6.45, 7) is 6.79. The van der Waals surface area contributed by atoms with Crippen LogP contribution in [0.15, 0.2) is 66.3 Å². The highest BCUT2D eigenvalue weighted by Crippen LogP contribution is 2.17. The van der Waals surface area contributed by atoms with Crippen LogP contribution < -0.4 is 15.5 Å². The summed E-state index contributed by atoms with van der Waals surface area (Å²) in [6, 6.07) is 16.0. The van der Waals surface area contributed by atoms with Crippen molar-refractivity contribution in [2.45, 2.75) is 13.5 Å². The smallest absolute Gasteiger partial charge is 0.187 e. The van der Waals surface area contributed by atoms with E-state index in [1.807, 2.05) is 24.3 Å². The first kappa shape index (κ1) is 17.7. The van der Waals surface area contributed by atoms with E-state index in [-0.39, 0.29) is 0 Å². The van der Waals surface area contributed by atoms with Crippen LogP contribution in [0.4, 0.5) is 0 Å². The predicted molar refractivity (Wildman–Crippen MR) is 103 cm³/mol. The van der Waals surface area contributed by atoms with Gasteiger partial charge >= 0.3 is 0 Å². The van der Waals surface area contributed by atoms with Gasteiger partial charge in [0.25, 0.3) is 0 Å². The Kier molecular flexibility index (Phi) is 6.98. The fourth-order valence-corrected chi connectivity index (χ4v) is 2.06. The Hall–Kier alpha value is -2.66. The van der Waals surface area contributed by atoms with Crippen molar-refractivity contribution in [2.75, 3.05) is 6.54 Å². The van der Waals surface area contributed by atoms with Gasteiger partial charge in [0.05, 0.1) is 6.21 Å². The molecule has 124 valence electrons. The van der Waals surface area contributed by atoms with E-state index in [0.717, 1.165) is 16.9 Å². The molecule has 0 radical (unpaired) electrons. The van der Waals surface area contributed by atoms with E-state index in [1.165, 1.54) is 5.56 Å². The highest BCUT2D eigenvalue weighted by atomic mass is 32.1. The van der Waals surface area contributed by atoms with Gasteiger partial charge in [-0.05, 0) is 36.8 Å². The Morgan fingerprint density at radius 2 is 1.96 bits per heavy atom. The SMILES string of the molecule is C=CCNC(=S)N/N=C\c1ccccc1OCc1ccc(C)cc1. The molecule has 0 aliphatic rings. The summed E-state index contributed by atoms with van der Waals surface area (Å²) in [6.07, 6.45) is 3.41. The lowest BCUT2D eigenvalue weighted by Crippen LogP contribution is -2.31. The van der Waals surface area contributed by atoms with Gasteiger partial charge in [-0.2, -0.15) is 5.10 Å². The van der Waals surface area contributed by atoms with Crippen LogP contribution in [0.3, 0.4) is 0 Å². The van der Waals surface area contributed by atoms with Crippen LogP contribution in [0.5, 0.6) is 5.75 Å². The van der Waals surface area contributed by atoms with Crippen LogP contribution in [0.25, 0.3) is 0 Å². The van der Waals surface area contributed by atoms with Crippen molar-refractivity contribution in [3.63, 3.8) is 0 Å². The number of nitrogens with zero attached hydrogens (tertiary/aromatic N) is 1. The van der Waals surface area contributed by atoms with E-state index in [9.17, 15) is 0 Å². The summed E-state index contributed by atoms with van der Waals surface area (Å²) in [5, 5.41) is 7.52. The molecule has 2 rings (SSSR count). The third-order valence-electron chi connectivity index (χ3n) is 3.21. The van der Waals surface area contributed by atoms with Gasteiger partial charge in [-0.25, -0.2) is 0 Å². The second-order valence-corrected chi connectivity index (χ2v) is 5.59. The average molecular weight is 339 g/mol. The second kappa shape index (κ2) is 9.47. The molecule has 0 heterocycles. The average Bonchev–Trinajstić information content (AvgIpc) is 2.60. The van der Waals surface area contributed by atoms with Crippen LogP contribution in [0.1, 0.15) is 16.7 Å². The Morgan fingerprint density at radius 1 is 1.21 bits per heavy atom. The summed E-state index contributed by atoms with van der Waals surface area (Å²) >= 11 is 5.08. The molecule has 24 heavy (non-hydrogen) atoms. The summed E-state index contributed by atoms with van der Waals surface area (Å²) in [7, 11) is 0. The number of hydrogen-bond donors (Lipinski definition) is 2. The number of hydrazone groups is 1. The minimum Gasteiger partial charge on any atom is -0.488 e. The molecule has 0 aliphatic carbocycles. The van der Waals surface area contributed by atoms with Crippen molar-refractivity contribution in [1.82, 2.24) is 10.7 Å². The molecule has 0 aromatic heterocycles. The molecular weight excluding hydrogens is 318 g/mol. The van der Waals surface area contributed by atoms with E-state index >= 15 is 0 Å². The number of ether oxygens (including phenoxy) is 1. The van der Waals surface area contributed by atoms with Crippen molar-refractivity contribution in [1.29, 1.82) is 0 Å². The van der Waals surface area contributed by atoms with Crippen molar-refractivity contribution < 1.29 is 4.74 Å². The van der Waals surface area contributed by atoms with Crippen LogP contribution in [-0.4, -0.2) is 17.9 Å². The van der Waals surface area contributed by atoms with Crippen LogP contribution in [-0.2, 0) is 6.61 Å².